The van der Waals surface area contributed by atoms with E-state index in [0.29, 0.717) is 5.95 Å². The van der Waals surface area contributed by atoms with Gasteiger partial charge in [0.05, 0.1) is 47.1 Å². The molecule has 35 heavy (non-hydrogen) atoms. The van der Waals surface area contributed by atoms with Gasteiger partial charge in [0.1, 0.15) is 21.8 Å². The van der Waals surface area contributed by atoms with E-state index in [1.807, 2.05) is 42.0 Å². The van der Waals surface area contributed by atoms with Gasteiger partial charge in [0, 0.05) is 24.7 Å². The van der Waals surface area contributed by atoms with E-state index in [-0.39, 0.29) is 17.7 Å². The van der Waals surface area contributed by atoms with Gasteiger partial charge in [0.15, 0.2) is 0 Å². The highest BCUT2D eigenvalue weighted by molar-refractivity contribution is 7.90. The van der Waals surface area contributed by atoms with Crippen LogP contribution in [-0.2, 0) is 9.84 Å². The number of anilines is 3. The van der Waals surface area contributed by atoms with E-state index in [0.717, 1.165) is 59.7 Å². The maximum absolute atomic E-state index is 11.6. The molecule has 0 atom stereocenters. The summed E-state index contributed by atoms with van der Waals surface area (Å²) >= 11 is 0. The van der Waals surface area contributed by atoms with Gasteiger partial charge in [-0.3, -0.25) is 4.40 Å². The second-order valence-electron chi connectivity index (χ2n) is 9.22. The van der Waals surface area contributed by atoms with Crippen molar-refractivity contribution < 1.29 is 8.42 Å². The first kappa shape index (κ1) is 23.2. The third-order valence-corrected chi connectivity index (χ3v) is 7.36. The number of nitrogens with one attached hydrogen (secondary N) is 2. The molecule has 1 aliphatic rings. The molecule has 5 rings (SSSR count). The highest BCUT2D eigenvalue weighted by Crippen LogP contribution is 2.29. The van der Waals surface area contributed by atoms with E-state index in [9.17, 15) is 8.42 Å². The Balaban J connectivity index is 1.35. The van der Waals surface area contributed by atoms with E-state index in [1.54, 1.807) is 12.4 Å². The smallest absolute Gasteiger partial charge is 0.223 e. The topological polar surface area (TPSA) is 127 Å². The van der Waals surface area contributed by atoms with Crippen LogP contribution in [0.15, 0.2) is 49.4 Å². The van der Waals surface area contributed by atoms with Crippen LogP contribution < -0.4 is 10.6 Å². The molecule has 0 unspecified atom stereocenters. The van der Waals surface area contributed by atoms with E-state index in [4.69, 9.17) is 4.98 Å². The molecular formula is C24H28N8O2S. The molecule has 182 valence electrons. The fourth-order valence-corrected chi connectivity index (χ4v) is 5.80. The average molecular weight is 493 g/mol. The number of imidazole rings is 1. The van der Waals surface area contributed by atoms with Gasteiger partial charge >= 0.3 is 0 Å². The minimum atomic E-state index is -2.94. The first-order chi connectivity index (χ1) is 16.8. The van der Waals surface area contributed by atoms with Crippen molar-refractivity contribution in [1.29, 1.82) is 0 Å². The van der Waals surface area contributed by atoms with Crippen molar-refractivity contribution >= 4 is 32.8 Å². The van der Waals surface area contributed by atoms with Crippen molar-refractivity contribution in [3.8, 4) is 11.4 Å². The van der Waals surface area contributed by atoms with Gasteiger partial charge in [0.2, 0.25) is 5.95 Å². The van der Waals surface area contributed by atoms with Gasteiger partial charge in [-0.25, -0.2) is 33.3 Å². The average Bonchev–Trinajstić information content (AvgIpc) is 3.24. The first-order valence-electron chi connectivity index (χ1n) is 11.6. The quantitative estimate of drug-likeness (QED) is 0.397. The second-order valence-corrected chi connectivity index (χ2v) is 11.4. The Kier molecular flexibility index (Phi) is 6.33. The van der Waals surface area contributed by atoms with Crippen molar-refractivity contribution in [2.45, 2.75) is 38.6 Å². The van der Waals surface area contributed by atoms with Crippen LogP contribution in [0.25, 0.3) is 17.0 Å². The van der Waals surface area contributed by atoms with E-state index in [2.05, 4.69) is 30.6 Å². The van der Waals surface area contributed by atoms with E-state index < -0.39 is 9.84 Å². The fraction of sp³-hybridized carbons (Fsp3) is 0.375. The normalized spacial score (nSPS) is 18.5. The summed E-state index contributed by atoms with van der Waals surface area (Å²) in [6.07, 6.45) is 15.4. The number of aromatic nitrogens is 6. The molecule has 4 aromatic rings. The lowest BCUT2D eigenvalue weighted by Crippen LogP contribution is -2.29. The highest BCUT2D eigenvalue weighted by atomic mass is 32.2. The Bertz CT molecular complexity index is 1430. The van der Waals surface area contributed by atoms with Crippen LogP contribution in [0.5, 0.6) is 0 Å². The summed E-state index contributed by atoms with van der Waals surface area (Å²) in [6, 6.07) is 4.13. The third kappa shape index (κ3) is 5.56. The fourth-order valence-electron chi connectivity index (χ4n) is 4.62. The number of nitrogens with zero attached hydrogens (tertiary/aromatic N) is 6. The molecule has 1 fully saturated rings. The van der Waals surface area contributed by atoms with E-state index >= 15 is 0 Å². The lowest BCUT2D eigenvalue weighted by molar-refractivity contribution is 0.361. The van der Waals surface area contributed by atoms with Crippen LogP contribution in [0.3, 0.4) is 0 Å². The van der Waals surface area contributed by atoms with Gasteiger partial charge in [-0.15, -0.1) is 0 Å². The molecule has 11 heteroatoms. The molecule has 4 aromatic heterocycles. The summed E-state index contributed by atoms with van der Waals surface area (Å²) in [7, 11) is -2.94. The number of hydrogen-bond acceptors (Lipinski definition) is 9. The number of sulfone groups is 1. The number of pyridine rings is 1. The molecule has 1 saturated carbocycles. The van der Waals surface area contributed by atoms with Crippen LogP contribution in [0.4, 0.5) is 17.3 Å². The lowest BCUT2D eigenvalue weighted by atomic mass is 9.87. The van der Waals surface area contributed by atoms with Crippen molar-refractivity contribution in [2.75, 3.05) is 22.6 Å². The van der Waals surface area contributed by atoms with Crippen LogP contribution >= 0.6 is 0 Å². The summed E-state index contributed by atoms with van der Waals surface area (Å²) in [5.74, 6) is 1.08. The molecule has 1 aliphatic carbocycles. The third-order valence-electron chi connectivity index (χ3n) is 6.29. The largest absolute Gasteiger partial charge is 0.352 e. The predicted molar refractivity (Wildman–Crippen MR) is 135 cm³/mol. The molecule has 0 bridgehead atoms. The van der Waals surface area contributed by atoms with Crippen molar-refractivity contribution in [3.05, 3.63) is 55.0 Å². The van der Waals surface area contributed by atoms with Gasteiger partial charge in [-0.1, -0.05) is 0 Å². The maximum atomic E-state index is 11.6. The molecule has 0 radical (unpaired) electrons. The van der Waals surface area contributed by atoms with Crippen LogP contribution in [0.1, 0.15) is 31.2 Å². The van der Waals surface area contributed by atoms with Gasteiger partial charge in [-0.2, -0.15) is 0 Å². The Morgan fingerprint density at radius 2 is 1.77 bits per heavy atom. The minimum absolute atomic E-state index is 0.229. The number of fused-ring (bicyclic) bond motifs is 1. The first-order valence-corrected chi connectivity index (χ1v) is 13.7. The molecule has 2 N–H and O–H groups in total. The van der Waals surface area contributed by atoms with E-state index in [1.165, 1.54) is 12.6 Å². The van der Waals surface area contributed by atoms with Gasteiger partial charge in [0.25, 0.3) is 0 Å². The molecule has 0 aromatic carbocycles. The standard InChI is InChI=1S/C24H28N8O2S/c1-16-9-28-24(30-18-5-3-17(4-6-18)14-35(2,33)34)31-23(16)21-12-27-22-8-7-19(13-32(21)22)29-20-10-25-15-26-11-20/h7-13,15,17-18,29H,3-6,14H2,1-2H3,(H,28,30,31). The summed E-state index contributed by atoms with van der Waals surface area (Å²) in [6.45, 7) is 1.98. The zero-order valence-corrected chi connectivity index (χ0v) is 20.5. The molecule has 10 nitrogen and oxygen atoms in total. The molecule has 0 amide bonds. The van der Waals surface area contributed by atoms with Crippen LogP contribution in [0.2, 0.25) is 0 Å². The number of rotatable bonds is 7. The Hall–Kier alpha value is -3.60. The zero-order chi connectivity index (χ0) is 24.4. The van der Waals surface area contributed by atoms with Crippen LogP contribution in [0, 0.1) is 12.8 Å². The van der Waals surface area contributed by atoms with Gasteiger partial charge < -0.3 is 10.6 Å². The molecular weight excluding hydrogens is 464 g/mol. The van der Waals surface area contributed by atoms with Crippen molar-refractivity contribution in [2.24, 2.45) is 5.92 Å². The van der Waals surface area contributed by atoms with Crippen molar-refractivity contribution in [1.82, 2.24) is 29.3 Å². The Morgan fingerprint density at radius 3 is 2.51 bits per heavy atom. The maximum Gasteiger partial charge on any atom is 0.223 e. The summed E-state index contributed by atoms with van der Waals surface area (Å²) < 4.78 is 25.2. The molecule has 4 heterocycles. The molecule has 0 spiro atoms. The molecule has 0 aliphatic heterocycles. The zero-order valence-electron chi connectivity index (χ0n) is 19.7. The molecule has 0 saturated heterocycles. The lowest BCUT2D eigenvalue weighted by Gasteiger charge is -2.28. The van der Waals surface area contributed by atoms with Gasteiger partial charge in [-0.05, 0) is 56.2 Å². The highest BCUT2D eigenvalue weighted by Gasteiger charge is 2.24. The SMILES string of the molecule is Cc1cnc(NC2CCC(CS(C)(=O)=O)CC2)nc1-c1cnc2ccc(Nc3cncnc3)cn12. The van der Waals surface area contributed by atoms with Crippen molar-refractivity contribution in [3.63, 3.8) is 0 Å². The number of aryl methyl sites for hydroxylation is 1. The summed E-state index contributed by atoms with van der Waals surface area (Å²) in [5.41, 5.74) is 5.11. The Morgan fingerprint density at radius 1 is 1.00 bits per heavy atom. The minimum Gasteiger partial charge on any atom is -0.352 e. The predicted octanol–water partition coefficient (Wildman–Crippen LogP) is 3.65. The summed E-state index contributed by atoms with van der Waals surface area (Å²) in [5, 5.41) is 6.76. The van der Waals surface area contributed by atoms with Crippen LogP contribution in [-0.4, -0.2) is 55.8 Å². The monoisotopic (exact) mass is 492 g/mol. The second kappa shape index (κ2) is 9.57. The number of hydrogen-bond donors (Lipinski definition) is 2. The summed E-state index contributed by atoms with van der Waals surface area (Å²) in [4.78, 5) is 22.0. The Labute approximate surface area is 204 Å².